The number of fused-ring (bicyclic) bond motifs is 1. The maximum absolute atomic E-state index is 6.00. The average molecular weight is 285 g/mol. The molecule has 0 saturated carbocycles. The van der Waals surface area contributed by atoms with Crippen molar-refractivity contribution in [1.29, 1.82) is 0 Å². The number of hydrogen-bond acceptors (Lipinski definition) is 2. The highest BCUT2D eigenvalue weighted by molar-refractivity contribution is 7.99. The van der Waals surface area contributed by atoms with Crippen LogP contribution in [0.3, 0.4) is 0 Å². The van der Waals surface area contributed by atoms with Gasteiger partial charge in [0.25, 0.3) is 0 Å². The molecule has 0 bridgehead atoms. The van der Waals surface area contributed by atoms with Crippen LogP contribution in [0, 0.1) is 4.77 Å². The van der Waals surface area contributed by atoms with Gasteiger partial charge >= 0.3 is 0 Å². The Hall–Kier alpha value is -0.450. The quantitative estimate of drug-likeness (QED) is 0.783. The molecule has 1 aromatic heterocycles. The fourth-order valence-corrected chi connectivity index (χ4v) is 4.05. The Bertz CT molecular complexity index is 596. The molecular formula is C12H13ClN2S2. The second-order valence-corrected chi connectivity index (χ2v) is 6.31. The lowest BCUT2D eigenvalue weighted by molar-refractivity contribution is 0.506. The summed E-state index contributed by atoms with van der Waals surface area (Å²) in [5.41, 5.74) is 2.21. The highest BCUT2D eigenvalue weighted by atomic mass is 35.5. The molecule has 1 aliphatic heterocycles. The lowest BCUT2D eigenvalue weighted by Gasteiger charge is -2.23. The molecule has 1 fully saturated rings. The Morgan fingerprint density at radius 2 is 2.35 bits per heavy atom. The van der Waals surface area contributed by atoms with Gasteiger partial charge < -0.3 is 9.55 Å². The van der Waals surface area contributed by atoms with Gasteiger partial charge in [0.15, 0.2) is 4.77 Å². The highest BCUT2D eigenvalue weighted by Gasteiger charge is 2.18. The molecule has 17 heavy (non-hydrogen) atoms. The molecule has 2 heterocycles. The molecule has 5 heteroatoms. The molecular weight excluding hydrogens is 272 g/mol. The van der Waals surface area contributed by atoms with Gasteiger partial charge in [-0.15, -0.1) is 0 Å². The molecule has 1 saturated heterocycles. The largest absolute Gasteiger partial charge is 0.331 e. The van der Waals surface area contributed by atoms with E-state index in [4.69, 9.17) is 23.8 Å². The predicted octanol–water partition coefficient (Wildman–Crippen LogP) is 4.42. The first-order chi connectivity index (χ1) is 8.25. The zero-order valence-corrected chi connectivity index (χ0v) is 11.7. The Kier molecular flexibility index (Phi) is 3.19. The van der Waals surface area contributed by atoms with E-state index in [0.717, 1.165) is 21.1 Å². The Labute approximate surface area is 114 Å². The summed E-state index contributed by atoms with van der Waals surface area (Å²) in [7, 11) is 0. The van der Waals surface area contributed by atoms with E-state index in [1.54, 1.807) is 0 Å². The van der Waals surface area contributed by atoms with Gasteiger partial charge in [0.1, 0.15) is 0 Å². The molecule has 3 rings (SSSR count). The molecule has 2 nitrogen and oxygen atoms in total. The summed E-state index contributed by atoms with van der Waals surface area (Å²) >= 11 is 13.4. The summed E-state index contributed by atoms with van der Waals surface area (Å²) in [4.78, 5) is 3.25. The summed E-state index contributed by atoms with van der Waals surface area (Å²) in [5.74, 6) is 2.43. The van der Waals surface area contributed by atoms with Crippen LogP contribution >= 0.6 is 35.6 Å². The zero-order valence-electron chi connectivity index (χ0n) is 9.28. The van der Waals surface area contributed by atoms with Gasteiger partial charge in [-0.25, -0.2) is 0 Å². The van der Waals surface area contributed by atoms with E-state index in [2.05, 4.69) is 15.6 Å². The van der Waals surface area contributed by atoms with Crippen molar-refractivity contribution in [3.63, 3.8) is 0 Å². The van der Waals surface area contributed by atoms with E-state index in [1.807, 2.05) is 23.9 Å². The number of thioether (sulfide) groups is 1. The molecule has 1 aliphatic rings. The third-order valence-electron chi connectivity index (χ3n) is 3.18. The van der Waals surface area contributed by atoms with Crippen LogP contribution in [0.15, 0.2) is 18.2 Å². The maximum atomic E-state index is 6.00. The fourth-order valence-electron chi connectivity index (χ4n) is 2.39. The van der Waals surface area contributed by atoms with Crippen molar-refractivity contribution >= 4 is 46.6 Å². The maximum Gasteiger partial charge on any atom is 0.178 e. The van der Waals surface area contributed by atoms with Gasteiger partial charge in [0.05, 0.1) is 11.0 Å². The Morgan fingerprint density at radius 3 is 3.12 bits per heavy atom. The van der Waals surface area contributed by atoms with Gasteiger partial charge in [-0.2, -0.15) is 11.8 Å². The number of halogens is 1. The molecule has 90 valence electrons. The fraction of sp³-hybridized carbons (Fsp3) is 0.417. The molecule has 1 aromatic carbocycles. The number of aromatic nitrogens is 2. The Balaban J connectivity index is 2.14. The van der Waals surface area contributed by atoms with Crippen molar-refractivity contribution in [2.75, 3.05) is 11.5 Å². The van der Waals surface area contributed by atoms with E-state index in [-0.39, 0.29) is 0 Å². The van der Waals surface area contributed by atoms with Gasteiger partial charge in [-0.05, 0) is 49.0 Å². The van der Waals surface area contributed by atoms with Crippen molar-refractivity contribution in [3.8, 4) is 0 Å². The van der Waals surface area contributed by atoms with E-state index in [0.29, 0.717) is 6.04 Å². The van der Waals surface area contributed by atoms with Crippen LogP contribution in [-0.4, -0.2) is 21.1 Å². The standard InChI is InChI=1S/C12H13ClN2S2/c13-8-3-4-11-10(6-8)14-12(16)15(11)9-2-1-5-17-7-9/h3-4,6,9H,1-2,5,7H2,(H,14,16). The van der Waals surface area contributed by atoms with Crippen LogP contribution in [0.1, 0.15) is 18.9 Å². The predicted molar refractivity (Wildman–Crippen MR) is 77.7 cm³/mol. The summed E-state index contributed by atoms with van der Waals surface area (Å²) in [5, 5.41) is 0.749. The topological polar surface area (TPSA) is 20.7 Å². The van der Waals surface area contributed by atoms with Crippen molar-refractivity contribution in [2.45, 2.75) is 18.9 Å². The van der Waals surface area contributed by atoms with Gasteiger partial charge in [0, 0.05) is 16.8 Å². The summed E-state index contributed by atoms with van der Waals surface area (Å²) in [6.07, 6.45) is 2.49. The molecule has 0 aliphatic carbocycles. The molecule has 1 atom stereocenters. The van der Waals surface area contributed by atoms with E-state index >= 15 is 0 Å². The normalized spacial score (nSPS) is 20.9. The zero-order chi connectivity index (χ0) is 11.8. The minimum Gasteiger partial charge on any atom is -0.331 e. The molecule has 2 aromatic rings. The SMILES string of the molecule is S=c1[nH]c2cc(Cl)ccc2n1C1CCCSC1. The molecule has 1 N–H and O–H groups in total. The second kappa shape index (κ2) is 4.67. The van der Waals surface area contributed by atoms with Gasteiger partial charge in [0.2, 0.25) is 0 Å². The van der Waals surface area contributed by atoms with Crippen molar-refractivity contribution in [2.24, 2.45) is 0 Å². The van der Waals surface area contributed by atoms with Crippen LogP contribution in [-0.2, 0) is 0 Å². The lowest BCUT2D eigenvalue weighted by atomic mass is 10.2. The van der Waals surface area contributed by atoms with E-state index < -0.39 is 0 Å². The number of H-pyrrole nitrogens is 1. The molecule has 1 unspecified atom stereocenters. The third-order valence-corrected chi connectivity index (χ3v) is 4.91. The second-order valence-electron chi connectivity index (χ2n) is 4.33. The van der Waals surface area contributed by atoms with Crippen LogP contribution in [0.4, 0.5) is 0 Å². The lowest BCUT2D eigenvalue weighted by Crippen LogP contribution is -2.16. The first kappa shape index (κ1) is 11.6. The molecule has 0 radical (unpaired) electrons. The summed E-state index contributed by atoms with van der Waals surface area (Å²) in [6.45, 7) is 0. The minimum absolute atomic E-state index is 0.524. The summed E-state index contributed by atoms with van der Waals surface area (Å²) in [6, 6.07) is 6.46. The van der Waals surface area contributed by atoms with Crippen LogP contribution in [0.2, 0.25) is 5.02 Å². The number of rotatable bonds is 1. The number of nitrogens with zero attached hydrogens (tertiary/aromatic N) is 1. The number of nitrogens with one attached hydrogen (secondary N) is 1. The number of aromatic amines is 1. The van der Waals surface area contributed by atoms with E-state index in [1.165, 1.54) is 24.1 Å². The van der Waals surface area contributed by atoms with Gasteiger partial charge in [-0.3, -0.25) is 0 Å². The summed E-state index contributed by atoms with van der Waals surface area (Å²) < 4.78 is 3.07. The average Bonchev–Trinajstić information content (AvgIpc) is 2.65. The Morgan fingerprint density at radius 1 is 1.47 bits per heavy atom. The number of hydrogen-bond donors (Lipinski definition) is 1. The van der Waals surface area contributed by atoms with Crippen LogP contribution in [0.5, 0.6) is 0 Å². The van der Waals surface area contributed by atoms with Crippen molar-refractivity contribution < 1.29 is 0 Å². The third kappa shape index (κ3) is 2.14. The van der Waals surface area contributed by atoms with Gasteiger partial charge in [-0.1, -0.05) is 11.6 Å². The minimum atomic E-state index is 0.524. The molecule has 0 amide bonds. The van der Waals surface area contributed by atoms with E-state index in [9.17, 15) is 0 Å². The van der Waals surface area contributed by atoms with Crippen LogP contribution < -0.4 is 0 Å². The monoisotopic (exact) mass is 284 g/mol. The number of benzene rings is 1. The van der Waals surface area contributed by atoms with Crippen molar-refractivity contribution in [1.82, 2.24) is 9.55 Å². The first-order valence-electron chi connectivity index (χ1n) is 5.73. The number of imidazole rings is 1. The first-order valence-corrected chi connectivity index (χ1v) is 7.67. The molecule has 0 spiro atoms. The van der Waals surface area contributed by atoms with Crippen molar-refractivity contribution in [3.05, 3.63) is 28.0 Å². The van der Waals surface area contributed by atoms with Crippen LogP contribution in [0.25, 0.3) is 11.0 Å². The highest BCUT2D eigenvalue weighted by Crippen LogP contribution is 2.30. The smallest absolute Gasteiger partial charge is 0.178 e.